The molecule has 2 heterocycles. The summed E-state index contributed by atoms with van der Waals surface area (Å²) in [7, 11) is 0. The van der Waals surface area contributed by atoms with Gasteiger partial charge < -0.3 is 16.2 Å². The monoisotopic (exact) mass is 317 g/mol. The summed E-state index contributed by atoms with van der Waals surface area (Å²) >= 11 is 1.25. The maximum Gasteiger partial charge on any atom is 0.164 e. The molecule has 0 aliphatic carbocycles. The van der Waals surface area contributed by atoms with E-state index in [0.29, 0.717) is 5.75 Å². The number of nitrogens with two attached hydrogens (primary N) is 2. The van der Waals surface area contributed by atoms with Crippen molar-refractivity contribution in [3.8, 4) is 0 Å². The lowest BCUT2D eigenvalue weighted by atomic mass is 9.78. The van der Waals surface area contributed by atoms with E-state index in [9.17, 15) is 13.2 Å². The summed E-state index contributed by atoms with van der Waals surface area (Å²) in [4.78, 5) is 4.29. The number of ether oxygens (including phenoxy) is 1. The first-order valence-electron chi connectivity index (χ1n) is 6.38. The van der Waals surface area contributed by atoms with E-state index in [4.69, 9.17) is 16.2 Å². The number of halogens is 3. The Kier molecular flexibility index (Phi) is 3.53. The molecular weight excluding hydrogens is 303 g/mol. The number of hydrogen-bond donors (Lipinski definition) is 2. The average molecular weight is 317 g/mol. The first-order valence-corrected chi connectivity index (χ1v) is 7.37. The van der Waals surface area contributed by atoms with E-state index < -0.39 is 35.9 Å². The van der Waals surface area contributed by atoms with Crippen molar-refractivity contribution in [3.63, 3.8) is 0 Å². The van der Waals surface area contributed by atoms with Gasteiger partial charge in [-0.1, -0.05) is 11.8 Å². The molecule has 4 N–H and O–H groups in total. The van der Waals surface area contributed by atoms with Gasteiger partial charge in [0.05, 0.1) is 12.7 Å². The quantitative estimate of drug-likeness (QED) is 0.816. The number of amidine groups is 1. The number of hydrogen-bond acceptors (Lipinski definition) is 5. The van der Waals surface area contributed by atoms with Crippen LogP contribution in [0.4, 0.5) is 18.9 Å². The number of nitrogen functional groups attached to an aromatic ring is 1. The van der Waals surface area contributed by atoms with Crippen LogP contribution in [-0.2, 0) is 10.3 Å². The van der Waals surface area contributed by atoms with E-state index >= 15 is 0 Å². The molecule has 114 valence electrons. The minimum atomic E-state index is -1.22. The van der Waals surface area contributed by atoms with Crippen molar-refractivity contribution in [2.45, 2.75) is 11.6 Å². The molecule has 0 amide bonds. The van der Waals surface area contributed by atoms with Crippen LogP contribution in [0.5, 0.6) is 0 Å². The summed E-state index contributed by atoms with van der Waals surface area (Å²) < 4.78 is 46.4. The van der Waals surface area contributed by atoms with E-state index in [-0.39, 0.29) is 23.0 Å². The molecule has 8 heteroatoms. The molecule has 0 bridgehead atoms. The minimum absolute atomic E-state index is 0.0239. The molecule has 3 rings (SSSR count). The fourth-order valence-corrected chi connectivity index (χ4v) is 4.01. The highest BCUT2D eigenvalue weighted by Crippen LogP contribution is 2.48. The highest BCUT2D eigenvalue weighted by atomic mass is 32.2. The van der Waals surface area contributed by atoms with Crippen LogP contribution in [0.2, 0.25) is 0 Å². The lowest BCUT2D eigenvalue weighted by Gasteiger charge is -2.35. The molecule has 21 heavy (non-hydrogen) atoms. The Labute approximate surface area is 123 Å². The zero-order valence-corrected chi connectivity index (χ0v) is 11.8. The van der Waals surface area contributed by atoms with Gasteiger partial charge in [0, 0.05) is 22.9 Å². The van der Waals surface area contributed by atoms with Gasteiger partial charge >= 0.3 is 0 Å². The SMILES string of the molecule is NC1=NC2(c3cc(N)cc(F)c3F)COC(CF)C2CS1. The highest BCUT2D eigenvalue weighted by molar-refractivity contribution is 8.13. The van der Waals surface area contributed by atoms with Gasteiger partial charge in [0.1, 0.15) is 12.2 Å². The van der Waals surface area contributed by atoms with Gasteiger partial charge in [0.2, 0.25) is 0 Å². The molecule has 2 aliphatic heterocycles. The third-order valence-corrected chi connectivity index (χ3v) is 4.88. The molecule has 2 aliphatic rings. The van der Waals surface area contributed by atoms with Crippen molar-refractivity contribution in [2.75, 3.05) is 24.8 Å². The summed E-state index contributed by atoms with van der Waals surface area (Å²) in [5.41, 5.74) is 10.2. The number of fused-ring (bicyclic) bond motifs is 1. The van der Waals surface area contributed by atoms with Crippen LogP contribution in [0.3, 0.4) is 0 Å². The predicted octanol–water partition coefficient (Wildman–Crippen LogP) is 1.79. The maximum atomic E-state index is 14.3. The summed E-state index contributed by atoms with van der Waals surface area (Å²) in [6, 6.07) is 2.22. The van der Waals surface area contributed by atoms with Crippen molar-refractivity contribution in [1.82, 2.24) is 0 Å². The van der Waals surface area contributed by atoms with E-state index in [2.05, 4.69) is 4.99 Å². The third kappa shape index (κ3) is 2.17. The van der Waals surface area contributed by atoms with Crippen molar-refractivity contribution in [2.24, 2.45) is 16.6 Å². The molecule has 3 unspecified atom stereocenters. The van der Waals surface area contributed by atoms with Crippen LogP contribution in [0, 0.1) is 17.6 Å². The van der Waals surface area contributed by atoms with Crippen molar-refractivity contribution < 1.29 is 17.9 Å². The van der Waals surface area contributed by atoms with Gasteiger partial charge in [0.15, 0.2) is 16.8 Å². The number of benzene rings is 1. The molecule has 0 spiro atoms. The number of aliphatic imine (C=N–C) groups is 1. The highest BCUT2D eigenvalue weighted by Gasteiger charge is 2.54. The molecule has 1 aromatic carbocycles. The fourth-order valence-electron chi connectivity index (χ4n) is 2.94. The van der Waals surface area contributed by atoms with Crippen LogP contribution in [0.25, 0.3) is 0 Å². The summed E-state index contributed by atoms with van der Waals surface area (Å²) in [6.45, 7) is -0.762. The Morgan fingerprint density at radius 1 is 1.38 bits per heavy atom. The van der Waals surface area contributed by atoms with E-state index in [1.807, 2.05) is 0 Å². The maximum absolute atomic E-state index is 14.3. The van der Waals surface area contributed by atoms with Gasteiger partial charge in [0.25, 0.3) is 0 Å². The van der Waals surface area contributed by atoms with Gasteiger partial charge in [-0.15, -0.1) is 0 Å². The van der Waals surface area contributed by atoms with Gasteiger partial charge in [-0.2, -0.15) is 0 Å². The first-order chi connectivity index (χ1) is 9.98. The predicted molar refractivity (Wildman–Crippen MR) is 75.7 cm³/mol. The Balaban J connectivity index is 2.19. The Bertz CT molecular complexity index is 613. The van der Waals surface area contributed by atoms with Crippen LogP contribution < -0.4 is 11.5 Å². The summed E-state index contributed by atoms with van der Waals surface area (Å²) in [5, 5.41) is 0.247. The number of rotatable bonds is 2. The third-order valence-electron chi connectivity index (χ3n) is 3.97. The zero-order valence-electron chi connectivity index (χ0n) is 11.0. The fraction of sp³-hybridized carbons (Fsp3) is 0.462. The van der Waals surface area contributed by atoms with Crippen molar-refractivity contribution in [3.05, 3.63) is 29.3 Å². The molecular formula is C13H14F3N3OS. The van der Waals surface area contributed by atoms with E-state index in [0.717, 1.165) is 6.07 Å². The lowest BCUT2D eigenvalue weighted by Crippen LogP contribution is -2.43. The second-order valence-electron chi connectivity index (χ2n) is 5.16. The van der Waals surface area contributed by atoms with Crippen LogP contribution in [0.15, 0.2) is 17.1 Å². The Morgan fingerprint density at radius 2 is 2.14 bits per heavy atom. The number of anilines is 1. The molecule has 0 aromatic heterocycles. The van der Waals surface area contributed by atoms with Crippen LogP contribution >= 0.6 is 11.8 Å². The van der Waals surface area contributed by atoms with Crippen LogP contribution in [-0.4, -0.2) is 30.3 Å². The molecule has 3 atom stereocenters. The zero-order chi connectivity index (χ0) is 15.2. The molecule has 0 saturated carbocycles. The smallest absolute Gasteiger partial charge is 0.164 e. The molecule has 0 radical (unpaired) electrons. The Hall–Kier alpha value is -1.41. The summed E-state index contributed by atoms with van der Waals surface area (Å²) in [5.74, 6) is -2.09. The second kappa shape index (κ2) is 5.10. The van der Waals surface area contributed by atoms with Crippen molar-refractivity contribution in [1.29, 1.82) is 0 Å². The number of alkyl halides is 1. The Morgan fingerprint density at radius 3 is 2.86 bits per heavy atom. The van der Waals surface area contributed by atoms with E-state index in [1.54, 1.807) is 0 Å². The topological polar surface area (TPSA) is 73.6 Å². The van der Waals surface area contributed by atoms with Crippen molar-refractivity contribution >= 4 is 22.6 Å². The number of thioether (sulfide) groups is 1. The van der Waals surface area contributed by atoms with Crippen LogP contribution in [0.1, 0.15) is 5.56 Å². The van der Waals surface area contributed by atoms with Gasteiger partial charge in [-0.05, 0) is 12.1 Å². The van der Waals surface area contributed by atoms with Gasteiger partial charge in [-0.3, -0.25) is 0 Å². The largest absolute Gasteiger partial charge is 0.399 e. The summed E-state index contributed by atoms with van der Waals surface area (Å²) in [6.07, 6.45) is -0.710. The molecule has 1 aromatic rings. The molecule has 4 nitrogen and oxygen atoms in total. The number of nitrogens with zero attached hydrogens (tertiary/aromatic N) is 1. The minimum Gasteiger partial charge on any atom is -0.399 e. The van der Waals surface area contributed by atoms with Gasteiger partial charge in [-0.25, -0.2) is 18.2 Å². The second-order valence-corrected chi connectivity index (χ2v) is 6.20. The van der Waals surface area contributed by atoms with E-state index in [1.165, 1.54) is 17.8 Å². The lowest BCUT2D eigenvalue weighted by molar-refractivity contribution is 0.0721. The average Bonchev–Trinajstić information content (AvgIpc) is 2.81. The standard InChI is InChI=1S/C13H14F3N3OS/c14-3-10-8-4-21-12(18)19-13(8,5-20-10)7-1-6(17)2-9(15)11(7)16/h1-2,8,10H,3-5,17H2,(H2,18,19). The normalized spacial score (nSPS) is 31.9. The molecule has 1 saturated heterocycles. The molecule has 1 fully saturated rings. The first kappa shape index (κ1) is 14.5.